The number of piperidine rings is 1. The van der Waals surface area contributed by atoms with E-state index in [2.05, 4.69) is 11.5 Å². The molecule has 24 heavy (non-hydrogen) atoms. The van der Waals surface area contributed by atoms with Gasteiger partial charge in [0.25, 0.3) is 0 Å². The Morgan fingerprint density at radius 3 is 2.88 bits per heavy atom. The van der Waals surface area contributed by atoms with Gasteiger partial charge in [0.1, 0.15) is 0 Å². The lowest BCUT2D eigenvalue weighted by atomic mass is 9.79. The monoisotopic (exact) mass is 334 g/mol. The van der Waals surface area contributed by atoms with Gasteiger partial charge in [0.15, 0.2) is 11.6 Å². The van der Waals surface area contributed by atoms with Crippen molar-refractivity contribution in [3.63, 3.8) is 0 Å². The zero-order chi connectivity index (χ0) is 17.2. The van der Waals surface area contributed by atoms with Crippen LogP contribution in [0, 0.1) is 17.0 Å². The highest BCUT2D eigenvalue weighted by atomic mass is 19.2. The van der Waals surface area contributed by atoms with Gasteiger partial charge in [0, 0.05) is 43.6 Å². The first-order chi connectivity index (χ1) is 11.5. The van der Waals surface area contributed by atoms with Crippen molar-refractivity contribution in [1.29, 1.82) is 0 Å². The molecule has 2 aliphatic rings. The Labute approximate surface area is 141 Å². The van der Waals surface area contributed by atoms with Gasteiger partial charge >= 0.3 is 0 Å². The minimum Gasteiger partial charge on any atom is -0.342 e. The molecule has 1 spiro atoms. The molecule has 130 valence electrons. The number of carbonyl (C=O) groups is 1. The van der Waals surface area contributed by atoms with Crippen LogP contribution in [0.25, 0.3) is 0 Å². The fourth-order valence-electron chi connectivity index (χ4n) is 4.09. The Bertz CT molecular complexity index is 634. The molecule has 2 fully saturated rings. The van der Waals surface area contributed by atoms with Crippen molar-refractivity contribution in [1.82, 2.24) is 9.80 Å². The Hall–Kier alpha value is -1.75. The Morgan fingerprint density at radius 2 is 2.08 bits per heavy atom. The molecule has 1 aromatic carbocycles. The van der Waals surface area contributed by atoms with Crippen molar-refractivity contribution >= 4 is 5.91 Å². The average Bonchev–Trinajstić information content (AvgIpc) is 2.96. The van der Waals surface area contributed by atoms with Gasteiger partial charge in [0.05, 0.1) is 0 Å². The van der Waals surface area contributed by atoms with Crippen LogP contribution >= 0.6 is 0 Å². The second-order valence-electron chi connectivity index (χ2n) is 7.09. The molecule has 0 bridgehead atoms. The van der Waals surface area contributed by atoms with Gasteiger partial charge in [-0.1, -0.05) is 18.2 Å². The van der Waals surface area contributed by atoms with Crippen LogP contribution in [0.2, 0.25) is 0 Å². The van der Waals surface area contributed by atoms with Gasteiger partial charge in [0.2, 0.25) is 5.91 Å². The molecule has 0 N–H and O–H groups in total. The van der Waals surface area contributed by atoms with Crippen molar-refractivity contribution in [2.45, 2.75) is 32.2 Å². The minimum absolute atomic E-state index is 0.0961. The van der Waals surface area contributed by atoms with Crippen LogP contribution in [-0.2, 0) is 11.3 Å². The van der Waals surface area contributed by atoms with E-state index >= 15 is 0 Å². The van der Waals surface area contributed by atoms with Gasteiger partial charge < -0.3 is 4.90 Å². The van der Waals surface area contributed by atoms with Crippen molar-refractivity contribution in [2.24, 2.45) is 5.41 Å². The first-order valence-corrected chi connectivity index (χ1v) is 8.57. The second-order valence-corrected chi connectivity index (χ2v) is 7.09. The number of likely N-dealkylation sites (tertiary alicyclic amines) is 2. The van der Waals surface area contributed by atoms with Gasteiger partial charge in [-0.15, -0.1) is 6.58 Å². The van der Waals surface area contributed by atoms with E-state index in [0.29, 0.717) is 18.5 Å². The van der Waals surface area contributed by atoms with Crippen molar-refractivity contribution < 1.29 is 13.6 Å². The number of benzene rings is 1. The predicted octanol–water partition coefficient (Wildman–Crippen LogP) is 3.36. The van der Waals surface area contributed by atoms with Crippen LogP contribution in [0.4, 0.5) is 8.78 Å². The molecule has 0 radical (unpaired) electrons. The maximum absolute atomic E-state index is 13.9. The summed E-state index contributed by atoms with van der Waals surface area (Å²) >= 11 is 0. The zero-order valence-electron chi connectivity index (χ0n) is 13.9. The summed E-state index contributed by atoms with van der Waals surface area (Å²) in [7, 11) is 0. The summed E-state index contributed by atoms with van der Waals surface area (Å²) in [5.41, 5.74) is 0.503. The molecular formula is C19H24F2N2O. The quantitative estimate of drug-likeness (QED) is 0.789. The third-order valence-corrected chi connectivity index (χ3v) is 5.28. The number of halogens is 2. The normalized spacial score (nSPS) is 24.5. The predicted molar refractivity (Wildman–Crippen MR) is 89.3 cm³/mol. The molecule has 2 heterocycles. The van der Waals surface area contributed by atoms with Crippen molar-refractivity contribution in [3.05, 3.63) is 48.1 Å². The zero-order valence-corrected chi connectivity index (χ0v) is 13.9. The van der Waals surface area contributed by atoms with Crippen LogP contribution in [0.1, 0.15) is 31.2 Å². The summed E-state index contributed by atoms with van der Waals surface area (Å²) < 4.78 is 27.3. The number of rotatable bonds is 4. The Morgan fingerprint density at radius 1 is 1.25 bits per heavy atom. The number of hydrogen-bond donors (Lipinski definition) is 0. The molecule has 3 rings (SSSR count). The smallest absolute Gasteiger partial charge is 0.226 e. The van der Waals surface area contributed by atoms with Crippen LogP contribution < -0.4 is 0 Å². The van der Waals surface area contributed by atoms with E-state index in [0.717, 1.165) is 51.5 Å². The number of carbonyl (C=O) groups excluding carboxylic acids is 1. The van der Waals surface area contributed by atoms with E-state index < -0.39 is 11.6 Å². The molecule has 0 aromatic heterocycles. The van der Waals surface area contributed by atoms with Crippen molar-refractivity contribution in [3.8, 4) is 0 Å². The fourth-order valence-corrected chi connectivity index (χ4v) is 4.09. The standard InChI is InChI=1S/C19H24F2N2O/c1-2-5-17(24)23-11-9-19(14-23)8-4-10-22(13-19)12-15-6-3-7-16(20)18(15)21/h2-3,6-7H,1,4-5,8-14H2. The first kappa shape index (κ1) is 17.1. The third-order valence-electron chi connectivity index (χ3n) is 5.28. The Balaban J connectivity index is 1.65. The van der Waals surface area contributed by atoms with E-state index in [-0.39, 0.29) is 11.3 Å². The molecule has 1 atom stereocenters. The maximum atomic E-state index is 13.9. The highest BCUT2D eigenvalue weighted by molar-refractivity contribution is 5.78. The first-order valence-electron chi connectivity index (χ1n) is 8.57. The number of amides is 1. The summed E-state index contributed by atoms with van der Waals surface area (Å²) in [6.45, 7) is 7.32. The lowest BCUT2D eigenvalue weighted by Gasteiger charge is -2.40. The molecule has 1 unspecified atom stereocenters. The number of nitrogens with zero attached hydrogens (tertiary/aromatic N) is 2. The van der Waals surface area contributed by atoms with Crippen LogP contribution in [0.15, 0.2) is 30.9 Å². The summed E-state index contributed by atoms with van der Waals surface area (Å²) in [6.07, 6.45) is 5.13. The lowest BCUT2D eigenvalue weighted by molar-refractivity contribution is -0.129. The van der Waals surface area contributed by atoms with Crippen molar-refractivity contribution in [2.75, 3.05) is 26.2 Å². The van der Waals surface area contributed by atoms with Gasteiger partial charge in [-0.3, -0.25) is 9.69 Å². The molecular weight excluding hydrogens is 310 g/mol. The molecule has 3 nitrogen and oxygen atoms in total. The molecule has 2 aliphatic heterocycles. The van der Waals surface area contributed by atoms with Crippen LogP contribution in [0.3, 0.4) is 0 Å². The largest absolute Gasteiger partial charge is 0.342 e. The lowest BCUT2D eigenvalue weighted by Crippen LogP contribution is -2.45. The van der Waals surface area contributed by atoms with E-state index in [4.69, 9.17) is 0 Å². The second kappa shape index (κ2) is 7.01. The molecule has 1 amide bonds. The van der Waals surface area contributed by atoms with Gasteiger partial charge in [-0.25, -0.2) is 8.78 Å². The molecule has 2 saturated heterocycles. The summed E-state index contributed by atoms with van der Waals surface area (Å²) in [4.78, 5) is 16.2. The molecule has 0 saturated carbocycles. The van der Waals surface area contributed by atoms with Gasteiger partial charge in [-0.05, 0) is 31.9 Å². The highest BCUT2D eigenvalue weighted by Crippen LogP contribution is 2.39. The van der Waals surface area contributed by atoms with Crippen LogP contribution in [-0.4, -0.2) is 41.9 Å². The SMILES string of the molecule is C=CCC(=O)N1CCC2(CCCN(Cc3cccc(F)c3F)C2)C1. The maximum Gasteiger partial charge on any atom is 0.226 e. The molecule has 1 aromatic rings. The summed E-state index contributed by atoms with van der Waals surface area (Å²) in [5.74, 6) is -1.40. The molecule has 0 aliphatic carbocycles. The van der Waals surface area contributed by atoms with E-state index in [1.807, 2.05) is 4.90 Å². The molecule has 5 heteroatoms. The fraction of sp³-hybridized carbons (Fsp3) is 0.526. The minimum atomic E-state index is -0.790. The average molecular weight is 334 g/mol. The topological polar surface area (TPSA) is 23.6 Å². The summed E-state index contributed by atoms with van der Waals surface area (Å²) in [6, 6.07) is 4.35. The van der Waals surface area contributed by atoms with E-state index in [9.17, 15) is 13.6 Å². The third kappa shape index (κ3) is 3.51. The van der Waals surface area contributed by atoms with E-state index in [1.54, 1.807) is 18.2 Å². The highest BCUT2D eigenvalue weighted by Gasteiger charge is 2.42. The van der Waals surface area contributed by atoms with Crippen LogP contribution in [0.5, 0.6) is 0 Å². The number of hydrogen-bond acceptors (Lipinski definition) is 2. The Kier molecular flexibility index (Phi) is 4.99. The summed E-state index contributed by atoms with van der Waals surface area (Å²) in [5, 5.41) is 0. The van der Waals surface area contributed by atoms with Gasteiger partial charge in [-0.2, -0.15) is 0 Å². The van der Waals surface area contributed by atoms with E-state index in [1.165, 1.54) is 0 Å².